The average Bonchev–Trinajstić information content (AvgIpc) is 3.31. The SMILES string of the molecule is Cc1ccc(S(=O)(=O)n2cc(C#Cc3ccccc3)c3nc(-c4ccc(S(=O)(=O)C(C)C)cc4)cnc32)cc1. The summed E-state index contributed by atoms with van der Waals surface area (Å²) in [5.74, 6) is 6.13. The van der Waals surface area contributed by atoms with Crippen LogP contribution < -0.4 is 0 Å². The predicted molar refractivity (Wildman–Crippen MR) is 151 cm³/mol. The lowest BCUT2D eigenvalue weighted by Crippen LogP contribution is -2.13. The van der Waals surface area contributed by atoms with Crippen LogP contribution in [-0.2, 0) is 19.9 Å². The predicted octanol–water partition coefficient (Wildman–Crippen LogP) is 5.23. The van der Waals surface area contributed by atoms with E-state index in [2.05, 4.69) is 16.8 Å². The fraction of sp³-hybridized carbons (Fsp3) is 0.133. The molecule has 2 heterocycles. The van der Waals surface area contributed by atoms with E-state index in [4.69, 9.17) is 4.98 Å². The molecule has 2 aromatic heterocycles. The van der Waals surface area contributed by atoms with Crippen LogP contribution in [-0.4, -0.2) is 36.0 Å². The molecule has 9 heteroatoms. The second kappa shape index (κ2) is 10.1. The highest BCUT2D eigenvalue weighted by Crippen LogP contribution is 2.27. The molecular formula is C30H25N3O4S2. The van der Waals surface area contributed by atoms with Gasteiger partial charge in [-0.3, -0.25) is 0 Å². The Morgan fingerprint density at radius 2 is 1.44 bits per heavy atom. The van der Waals surface area contributed by atoms with Crippen LogP contribution in [0.3, 0.4) is 0 Å². The van der Waals surface area contributed by atoms with Crippen LogP contribution in [0.2, 0.25) is 0 Å². The van der Waals surface area contributed by atoms with Crippen molar-refractivity contribution in [1.82, 2.24) is 13.9 Å². The Kier molecular flexibility index (Phi) is 6.85. The molecule has 0 N–H and O–H groups in total. The molecule has 0 unspecified atom stereocenters. The summed E-state index contributed by atoms with van der Waals surface area (Å²) in [6.45, 7) is 5.16. The second-order valence-corrected chi connectivity index (χ2v) is 13.6. The first-order valence-corrected chi connectivity index (χ1v) is 15.2. The molecule has 0 aliphatic rings. The highest BCUT2D eigenvalue weighted by molar-refractivity contribution is 7.92. The first kappa shape index (κ1) is 26.4. The van der Waals surface area contributed by atoms with Crippen molar-refractivity contribution >= 4 is 31.0 Å². The van der Waals surface area contributed by atoms with Gasteiger partial charge in [0.25, 0.3) is 10.0 Å². The van der Waals surface area contributed by atoms with Crippen LogP contribution in [0.5, 0.6) is 0 Å². The van der Waals surface area contributed by atoms with Gasteiger partial charge in [-0.25, -0.2) is 30.8 Å². The number of rotatable bonds is 5. The van der Waals surface area contributed by atoms with Gasteiger partial charge in [0.15, 0.2) is 15.5 Å². The third-order valence-electron chi connectivity index (χ3n) is 6.26. The minimum Gasteiger partial charge on any atom is -0.241 e. The largest absolute Gasteiger partial charge is 0.269 e. The number of sulfone groups is 1. The van der Waals surface area contributed by atoms with E-state index in [-0.39, 0.29) is 15.4 Å². The number of aromatic nitrogens is 3. The van der Waals surface area contributed by atoms with Crippen LogP contribution in [0.25, 0.3) is 22.4 Å². The summed E-state index contributed by atoms with van der Waals surface area (Å²) in [7, 11) is -7.39. The molecule has 0 saturated heterocycles. The summed E-state index contributed by atoms with van der Waals surface area (Å²) >= 11 is 0. The summed E-state index contributed by atoms with van der Waals surface area (Å²) < 4.78 is 53.3. The molecular weight excluding hydrogens is 530 g/mol. The van der Waals surface area contributed by atoms with E-state index >= 15 is 0 Å². The Morgan fingerprint density at radius 3 is 2.08 bits per heavy atom. The molecule has 196 valence electrons. The van der Waals surface area contributed by atoms with Crippen molar-refractivity contribution < 1.29 is 16.8 Å². The van der Waals surface area contributed by atoms with Crippen LogP contribution in [0.15, 0.2) is 101 Å². The molecule has 0 spiro atoms. The van der Waals surface area contributed by atoms with Crippen molar-refractivity contribution in [3.63, 3.8) is 0 Å². The van der Waals surface area contributed by atoms with Gasteiger partial charge >= 0.3 is 0 Å². The number of benzene rings is 3. The van der Waals surface area contributed by atoms with E-state index < -0.39 is 25.1 Å². The molecule has 39 heavy (non-hydrogen) atoms. The Hall–Kier alpha value is -4.26. The third kappa shape index (κ3) is 5.09. The molecule has 0 atom stereocenters. The average molecular weight is 556 g/mol. The minimum atomic E-state index is -3.97. The summed E-state index contributed by atoms with van der Waals surface area (Å²) in [6.07, 6.45) is 2.92. The van der Waals surface area contributed by atoms with Crippen molar-refractivity contribution in [2.24, 2.45) is 0 Å². The van der Waals surface area contributed by atoms with Gasteiger partial charge in [0, 0.05) is 17.3 Å². The monoisotopic (exact) mass is 555 g/mol. The van der Waals surface area contributed by atoms with Crippen molar-refractivity contribution in [3.8, 4) is 23.1 Å². The van der Waals surface area contributed by atoms with Gasteiger partial charge in [-0.05, 0) is 57.2 Å². The van der Waals surface area contributed by atoms with E-state index in [1.54, 1.807) is 62.4 Å². The van der Waals surface area contributed by atoms with Gasteiger partial charge in [0.2, 0.25) is 0 Å². The summed E-state index contributed by atoms with van der Waals surface area (Å²) in [5.41, 5.74) is 3.69. The van der Waals surface area contributed by atoms with E-state index in [0.29, 0.717) is 22.3 Å². The van der Waals surface area contributed by atoms with Gasteiger partial charge in [-0.2, -0.15) is 0 Å². The van der Waals surface area contributed by atoms with Gasteiger partial charge in [0.05, 0.1) is 32.5 Å². The molecule has 7 nitrogen and oxygen atoms in total. The second-order valence-electron chi connectivity index (χ2n) is 9.32. The van der Waals surface area contributed by atoms with Crippen molar-refractivity contribution in [3.05, 3.63) is 108 Å². The van der Waals surface area contributed by atoms with Crippen molar-refractivity contribution in [1.29, 1.82) is 0 Å². The zero-order valence-corrected chi connectivity index (χ0v) is 23.2. The van der Waals surface area contributed by atoms with E-state index in [1.807, 2.05) is 37.3 Å². The lowest BCUT2D eigenvalue weighted by atomic mass is 10.1. The fourth-order valence-electron chi connectivity index (χ4n) is 3.95. The molecule has 5 aromatic rings. The van der Waals surface area contributed by atoms with Crippen LogP contribution in [0.1, 0.15) is 30.5 Å². The maximum Gasteiger partial charge on any atom is 0.269 e. The number of hydrogen-bond donors (Lipinski definition) is 0. The first-order valence-electron chi connectivity index (χ1n) is 12.2. The zero-order valence-electron chi connectivity index (χ0n) is 21.5. The smallest absolute Gasteiger partial charge is 0.241 e. The summed E-state index contributed by atoms with van der Waals surface area (Å²) in [4.78, 5) is 9.55. The van der Waals surface area contributed by atoms with Crippen molar-refractivity contribution in [2.75, 3.05) is 0 Å². The number of hydrogen-bond acceptors (Lipinski definition) is 6. The maximum atomic E-state index is 13.6. The first-order chi connectivity index (χ1) is 18.6. The Labute approximate surface area is 228 Å². The lowest BCUT2D eigenvalue weighted by Gasteiger charge is -2.09. The Bertz CT molecular complexity index is 1950. The van der Waals surface area contributed by atoms with Crippen LogP contribution in [0, 0.1) is 18.8 Å². The number of aryl methyl sites for hydroxylation is 1. The summed E-state index contributed by atoms with van der Waals surface area (Å²) in [5, 5.41) is -0.541. The molecule has 0 saturated carbocycles. The molecule has 3 aromatic carbocycles. The maximum absolute atomic E-state index is 13.6. The summed E-state index contributed by atoms with van der Waals surface area (Å²) in [6, 6.07) is 22.4. The third-order valence-corrected chi connectivity index (χ3v) is 10.1. The Balaban J connectivity index is 1.66. The molecule has 0 aliphatic heterocycles. The van der Waals surface area contributed by atoms with E-state index in [1.165, 1.54) is 12.4 Å². The standard InChI is InChI=1S/C30H25N3O4S2/c1-21(2)38(34,35)26-17-13-24(14-18-26)28-19-31-30-29(32-28)25(12-11-23-7-5-4-6-8-23)20-33(30)39(36,37)27-15-9-22(3)10-16-27/h4-10,13-21H,1-3H3. The molecule has 0 radical (unpaired) electrons. The highest BCUT2D eigenvalue weighted by atomic mass is 32.2. The van der Waals surface area contributed by atoms with E-state index in [0.717, 1.165) is 15.1 Å². The van der Waals surface area contributed by atoms with Gasteiger partial charge in [0.1, 0.15) is 5.52 Å². The highest BCUT2D eigenvalue weighted by Gasteiger charge is 2.24. The van der Waals surface area contributed by atoms with E-state index in [9.17, 15) is 16.8 Å². The molecule has 0 amide bonds. The van der Waals surface area contributed by atoms with Crippen LogP contribution in [0.4, 0.5) is 0 Å². The normalized spacial score (nSPS) is 11.9. The Morgan fingerprint density at radius 1 is 0.795 bits per heavy atom. The van der Waals surface area contributed by atoms with Gasteiger partial charge in [-0.15, -0.1) is 0 Å². The number of fused-ring (bicyclic) bond motifs is 1. The molecule has 5 rings (SSSR count). The topological polar surface area (TPSA) is 99.0 Å². The quantitative estimate of drug-likeness (QED) is 0.276. The number of nitrogens with zero attached hydrogens (tertiary/aromatic N) is 3. The minimum absolute atomic E-state index is 0.125. The van der Waals surface area contributed by atoms with Crippen molar-refractivity contribution in [2.45, 2.75) is 35.8 Å². The van der Waals surface area contributed by atoms with Gasteiger partial charge in [-0.1, -0.05) is 59.9 Å². The molecule has 0 bridgehead atoms. The zero-order chi connectivity index (χ0) is 27.8. The van der Waals surface area contributed by atoms with Gasteiger partial charge < -0.3 is 0 Å². The fourth-order valence-corrected chi connectivity index (χ4v) is 6.32. The van der Waals surface area contributed by atoms with Crippen LogP contribution >= 0.6 is 0 Å². The lowest BCUT2D eigenvalue weighted by molar-refractivity contribution is 0.586. The molecule has 0 aliphatic carbocycles. The molecule has 0 fully saturated rings.